The first kappa shape index (κ1) is 27.3. The van der Waals surface area contributed by atoms with E-state index in [-0.39, 0.29) is 23.9 Å². The fourth-order valence-electron chi connectivity index (χ4n) is 4.58. The zero-order valence-electron chi connectivity index (χ0n) is 22.4. The van der Waals surface area contributed by atoms with Crippen molar-refractivity contribution in [2.24, 2.45) is 0 Å². The lowest BCUT2D eigenvalue weighted by molar-refractivity contribution is -0.131. The van der Waals surface area contributed by atoms with Crippen LogP contribution in [0.25, 0.3) is 0 Å². The third-order valence-corrected chi connectivity index (χ3v) is 7.17. The molecule has 0 saturated carbocycles. The van der Waals surface area contributed by atoms with Crippen molar-refractivity contribution in [3.05, 3.63) is 35.4 Å². The Balaban J connectivity index is 1.63. The summed E-state index contributed by atoms with van der Waals surface area (Å²) in [7, 11) is 0. The fourth-order valence-corrected chi connectivity index (χ4v) is 4.58. The van der Waals surface area contributed by atoms with Crippen LogP contribution >= 0.6 is 0 Å². The number of carbonyl (C=O) groups is 4. The quantitative estimate of drug-likeness (QED) is 0.659. The van der Waals surface area contributed by atoms with Gasteiger partial charge >= 0.3 is 12.1 Å². The molecular weight excluding hydrogens is 460 g/mol. The molecule has 2 fully saturated rings. The first-order valence-electron chi connectivity index (χ1n) is 12.6. The average Bonchev–Trinajstić information content (AvgIpc) is 2.83. The minimum atomic E-state index is -0.645. The van der Waals surface area contributed by atoms with E-state index in [2.05, 4.69) is 10.6 Å². The summed E-state index contributed by atoms with van der Waals surface area (Å²) >= 11 is 0. The Morgan fingerprint density at radius 3 is 1.22 bits per heavy atom. The van der Waals surface area contributed by atoms with E-state index in [1.807, 2.05) is 52.0 Å². The molecule has 198 valence electrons. The zero-order chi connectivity index (χ0) is 26.7. The summed E-state index contributed by atoms with van der Waals surface area (Å²) in [5.41, 5.74) is 0.559. The van der Waals surface area contributed by atoms with Gasteiger partial charge in [-0.25, -0.2) is 9.59 Å². The summed E-state index contributed by atoms with van der Waals surface area (Å²) in [6.07, 6.45) is 0. The van der Waals surface area contributed by atoms with Gasteiger partial charge in [0, 0.05) is 66.2 Å². The van der Waals surface area contributed by atoms with Crippen LogP contribution in [-0.4, -0.2) is 95.8 Å². The highest BCUT2D eigenvalue weighted by Crippen LogP contribution is 2.27. The van der Waals surface area contributed by atoms with Crippen LogP contribution in [-0.2, 0) is 20.7 Å². The number of hydrogen-bond donors (Lipinski definition) is 2. The molecule has 2 aliphatic rings. The van der Waals surface area contributed by atoms with Gasteiger partial charge in [-0.3, -0.25) is 9.59 Å². The molecule has 0 aliphatic carbocycles. The van der Waals surface area contributed by atoms with Crippen molar-refractivity contribution in [3.63, 3.8) is 0 Å². The van der Waals surface area contributed by atoms with Gasteiger partial charge in [0.05, 0.1) is 11.1 Å². The minimum Gasteiger partial charge on any atom is -0.339 e. The highest BCUT2D eigenvalue weighted by molar-refractivity contribution is 5.78. The predicted molar refractivity (Wildman–Crippen MR) is 137 cm³/mol. The number of nitrogens with zero attached hydrogens (tertiary/aromatic N) is 4. The second-order valence-electron chi connectivity index (χ2n) is 10.7. The normalized spacial score (nSPS) is 17.1. The van der Waals surface area contributed by atoms with Crippen LogP contribution in [0.3, 0.4) is 0 Å². The molecule has 2 aliphatic heterocycles. The standard InChI is InChI=1S/C26H40N6O4/c1-19(33)29-10-14-31(15-11-29)23(35)27-25(3,4)21-8-7-9-22(18-21)26(5,6)28-24(36)32-16-12-30(13-17-32)20(2)34/h7-9,18H,10-17H2,1-6H3,(H,27,35)(H,28,36). The van der Waals surface area contributed by atoms with E-state index in [0.29, 0.717) is 52.4 Å². The Morgan fingerprint density at radius 2 is 0.917 bits per heavy atom. The van der Waals surface area contributed by atoms with E-state index in [0.717, 1.165) is 11.1 Å². The number of amides is 6. The molecule has 0 atom stereocenters. The molecule has 3 rings (SSSR count). The van der Waals surface area contributed by atoms with Crippen LogP contribution in [0, 0.1) is 0 Å². The Hall–Kier alpha value is -3.30. The Morgan fingerprint density at radius 1 is 0.611 bits per heavy atom. The summed E-state index contributed by atoms with van der Waals surface area (Å²) in [5, 5.41) is 6.25. The fraction of sp³-hybridized carbons (Fsp3) is 0.615. The van der Waals surface area contributed by atoms with Gasteiger partial charge in [0.2, 0.25) is 11.8 Å². The van der Waals surface area contributed by atoms with Crippen molar-refractivity contribution in [1.82, 2.24) is 30.2 Å². The molecule has 0 bridgehead atoms. The van der Waals surface area contributed by atoms with Gasteiger partial charge in [-0.1, -0.05) is 24.3 Å². The molecule has 36 heavy (non-hydrogen) atoms. The van der Waals surface area contributed by atoms with Gasteiger partial charge in [0.25, 0.3) is 0 Å². The average molecular weight is 501 g/mol. The maximum Gasteiger partial charge on any atom is 0.318 e. The summed E-state index contributed by atoms with van der Waals surface area (Å²) in [6, 6.07) is 7.56. The highest BCUT2D eigenvalue weighted by atomic mass is 16.2. The molecule has 1 aromatic carbocycles. The summed E-state index contributed by atoms with van der Waals surface area (Å²) in [4.78, 5) is 56.0. The highest BCUT2D eigenvalue weighted by Gasteiger charge is 2.31. The summed E-state index contributed by atoms with van der Waals surface area (Å²) < 4.78 is 0. The van der Waals surface area contributed by atoms with Gasteiger partial charge in [-0.2, -0.15) is 0 Å². The number of urea groups is 2. The number of nitrogens with one attached hydrogen (secondary N) is 2. The Kier molecular flexibility index (Phi) is 8.15. The molecule has 0 spiro atoms. The lowest BCUT2D eigenvalue weighted by Gasteiger charge is -2.38. The topological polar surface area (TPSA) is 105 Å². The minimum absolute atomic E-state index is 0.0280. The third kappa shape index (κ3) is 6.47. The molecule has 0 aromatic heterocycles. The van der Waals surface area contributed by atoms with E-state index in [9.17, 15) is 19.2 Å². The number of carbonyl (C=O) groups excluding carboxylic acids is 4. The van der Waals surface area contributed by atoms with E-state index >= 15 is 0 Å². The van der Waals surface area contributed by atoms with E-state index in [1.54, 1.807) is 33.4 Å². The molecule has 0 radical (unpaired) electrons. The van der Waals surface area contributed by atoms with Crippen molar-refractivity contribution in [3.8, 4) is 0 Å². The smallest absolute Gasteiger partial charge is 0.318 e. The monoisotopic (exact) mass is 500 g/mol. The summed E-state index contributed by atoms with van der Waals surface area (Å²) in [6.45, 7) is 15.1. The Bertz CT molecular complexity index is 917. The van der Waals surface area contributed by atoms with Gasteiger partial charge in [0.1, 0.15) is 0 Å². The van der Waals surface area contributed by atoms with Crippen molar-refractivity contribution in [2.45, 2.75) is 52.6 Å². The van der Waals surface area contributed by atoms with Crippen molar-refractivity contribution in [1.29, 1.82) is 0 Å². The van der Waals surface area contributed by atoms with E-state index < -0.39 is 11.1 Å². The molecule has 1 aromatic rings. The molecule has 2 saturated heterocycles. The van der Waals surface area contributed by atoms with Crippen LogP contribution in [0.5, 0.6) is 0 Å². The maximum absolute atomic E-state index is 13.0. The van der Waals surface area contributed by atoms with E-state index in [1.165, 1.54) is 0 Å². The molecule has 2 heterocycles. The van der Waals surface area contributed by atoms with Crippen LogP contribution in [0.15, 0.2) is 24.3 Å². The molecule has 2 N–H and O–H groups in total. The van der Waals surface area contributed by atoms with Crippen molar-refractivity contribution >= 4 is 23.9 Å². The molecule has 10 nitrogen and oxygen atoms in total. The van der Waals surface area contributed by atoms with Crippen LogP contribution in [0.1, 0.15) is 52.7 Å². The van der Waals surface area contributed by atoms with Crippen molar-refractivity contribution < 1.29 is 19.2 Å². The lowest BCUT2D eigenvalue weighted by atomic mass is 9.87. The molecule has 10 heteroatoms. The summed E-state index contributed by atoms with van der Waals surface area (Å²) in [5.74, 6) is 0.0560. The first-order valence-corrected chi connectivity index (χ1v) is 12.6. The van der Waals surface area contributed by atoms with Crippen LogP contribution < -0.4 is 10.6 Å². The van der Waals surface area contributed by atoms with Gasteiger partial charge in [-0.15, -0.1) is 0 Å². The molecule has 6 amide bonds. The third-order valence-electron chi connectivity index (χ3n) is 7.17. The lowest BCUT2D eigenvalue weighted by Crippen LogP contribution is -2.56. The molecule has 0 unspecified atom stereocenters. The number of piperazine rings is 2. The zero-order valence-corrected chi connectivity index (χ0v) is 22.4. The van der Waals surface area contributed by atoms with Crippen LogP contribution in [0.2, 0.25) is 0 Å². The van der Waals surface area contributed by atoms with Gasteiger partial charge in [-0.05, 0) is 38.8 Å². The molecular formula is C26H40N6O4. The largest absolute Gasteiger partial charge is 0.339 e. The maximum atomic E-state index is 13.0. The second kappa shape index (κ2) is 10.8. The van der Waals surface area contributed by atoms with Crippen molar-refractivity contribution in [2.75, 3.05) is 52.4 Å². The number of benzene rings is 1. The van der Waals surface area contributed by atoms with Gasteiger partial charge in [0.15, 0.2) is 0 Å². The Labute approximate surface area is 214 Å². The van der Waals surface area contributed by atoms with Crippen LogP contribution in [0.4, 0.5) is 9.59 Å². The van der Waals surface area contributed by atoms with E-state index in [4.69, 9.17) is 0 Å². The number of rotatable bonds is 4. The van der Waals surface area contributed by atoms with Gasteiger partial charge < -0.3 is 30.2 Å². The number of hydrogen-bond acceptors (Lipinski definition) is 4. The predicted octanol–water partition coefficient (Wildman–Crippen LogP) is 1.90. The SMILES string of the molecule is CC(=O)N1CCN(C(=O)NC(C)(C)c2cccc(C(C)(C)NC(=O)N3CCN(C(C)=O)CC3)c2)CC1. The first-order chi connectivity index (χ1) is 16.8. The second-order valence-corrected chi connectivity index (χ2v) is 10.7.